The Balaban J connectivity index is 2.72. The zero-order valence-corrected chi connectivity index (χ0v) is 12.4. The highest BCUT2D eigenvalue weighted by molar-refractivity contribution is 7.99. The summed E-state index contributed by atoms with van der Waals surface area (Å²) in [5.74, 6) is 0.675. The van der Waals surface area contributed by atoms with Gasteiger partial charge in [0.1, 0.15) is 10.7 Å². The molecule has 2 N–H and O–H groups in total. The van der Waals surface area contributed by atoms with E-state index in [1.54, 1.807) is 23.9 Å². The maximum Gasteiger partial charge on any atom is 0.242 e. The van der Waals surface area contributed by atoms with Gasteiger partial charge in [-0.1, -0.05) is 6.92 Å². The molecule has 0 amide bonds. The maximum absolute atomic E-state index is 11.9. The monoisotopic (exact) mass is 289 g/mol. The first kappa shape index (κ1) is 15.3. The Kier molecular flexibility index (Phi) is 5.90. The minimum absolute atomic E-state index is 0.192. The summed E-state index contributed by atoms with van der Waals surface area (Å²) in [5.41, 5.74) is 0. The summed E-state index contributed by atoms with van der Waals surface area (Å²) in [6.07, 6.45) is 3.32. The van der Waals surface area contributed by atoms with Crippen LogP contribution in [0.15, 0.2) is 23.2 Å². The number of hydrogen-bond acceptors (Lipinski definition) is 5. The molecule has 1 aromatic rings. The molecule has 0 spiro atoms. The lowest BCUT2D eigenvalue weighted by molar-refractivity contribution is 0.581. The molecule has 0 saturated heterocycles. The van der Waals surface area contributed by atoms with Crippen LogP contribution in [0.25, 0.3) is 0 Å². The standard InChI is InChI=1S/C11H19N3O2S2/c1-4-12-11-6-5-10(8-13-11)18(15,16)14-7-9(2)17-3/h5-6,8-9,14H,4,7H2,1-3H3,(H,12,13). The molecule has 0 aliphatic carbocycles. The molecule has 5 nitrogen and oxygen atoms in total. The Morgan fingerprint density at radius 2 is 2.17 bits per heavy atom. The highest BCUT2D eigenvalue weighted by Gasteiger charge is 2.15. The molecule has 1 heterocycles. The Hall–Kier alpha value is -0.790. The number of aromatic nitrogens is 1. The highest BCUT2D eigenvalue weighted by atomic mass is 32.2. The quantitative estimate of drug-likeness (QED) is 0.797. The summed E-state index contributed by atoms with van der Waals surface area (Å²) in [6, 6.07) is 3.22. The Labute approximate surface area is 113 Å². The third kappa shape index (κ3) is 4.47. The van der Waals surface area contributed by atoms with Gasteiger partial charge in [-0.05, 0) is 25.3 Å². The van der Waals surface area contributed by atoms with Gasteiger partial charge in [0.2, 0.25) is 10.0 Å². The van der Waals surface area contributed by atoms with Gasteiger partial charge in [-0.3, -0.25) is 0 Å². The van der Waals surface area contributed by atoms with Crippen molar-refractivity contribution in [2.45, 2.75) is 24.0 Å². The summed E-state index contributed by atoms with van der Waals surface area (Å²) in [7, 11) is -3.45. The number of nitrogens with one attached hydrogen (secondary N) is 2. The second kappa shape index (κ2) is 6.96. The van der Waals surface area contributed by atoms with Crippen LogP contribution in [0.3, 0.4) is 0 Å². The van der Waals surface area contributed by atoms with Crippen LogP contribution in [0.2, 0.25) is 0 Å². The minimum atomic E-state index is -3.45. The normalized spacial score (nSPS) is 13.3. The van der Waals surface area contributed by atoms with E-state index in [9.17, 15) is 8.42 Å². The number of pyridine rings is 1. The lowest BCUT2D eigenvalue weighted by Gasteiger charge is -2.10. The SMILES string of the molecule is CCNc1ccc(S(=O)(=O)NCC(C)SC)cn1. The van der Waals surface area contributed by atoms with E-state index >= 15 is 0 Å². The molecule has 1 unspecified atom stereocenters. The van der Waals surface area contributed by atoms with Crippen molar-refractivity contribution in [2.24, 2.45) is 0 Å². The summed E-state index contributed by atoms with van der Waals surface area (Å²) in [6.45, 7) is 5.10. The van der Waals surface area contributed by atoms with E-state index in [-0.39, 0.29) is 10.1 Å². The number of thioether (sulfide) groups is 1. The summed E-state index contributed by atoms with van der Waals surface area (Å²) in [4.78, 5) is 4.24. The van der Waals surface area contributed by atoms with Crippen LogP contribution >= 0.6 is 11.8 Å². The molecule has 1 atom stereocenters. The smallest absolute Gasteiger partial charge is 0.242 e. The van der Waals surface area contributed by atoms with Crippen LogP contribution in [0.1, 0.15) is 13.8 Å². The molecule has 0 bridgehead atoms. The first-order valence-electron chi connectivity index (χ1n) is 5.72. The maximum atomic E-state index is 11.9. The van der Waals surface area contributed by atoms with Crippen LogP contribution in [0.5, 0.6) is 0 Å². The van der Waals surface area contributed by atoms with Crippen molar-refractivity contribution in [2.75, 3.05) is 24.7 Å². The van der Waals surface area contributed by atoms with Crippen LogP contribution in [-0.4, -0.2) is 38.0 Å². The van der Waals surface area contributed by atoms with Crippen molar-refractivity contribution >= 4 is 27.6 Å². The van der Waals surface area contributed by atoms with Crippen molar-refractivity contribution < 1.29 is 8.42 Å². The predicted molar refractivity (Wildman–Crippen MR) is 76.6 cm³/mol. The Morgan fingerprint density at radius 1 is 1.44 bits per heavy atom. The van der Waals surface area contributed by atoms with Crippen molar-refractivity contribution in [1.29, 1.82) is 0 Å². The molecule has 1 rings (SSSR count). The third-order valence-corrected chi connectivity index (χ3v) is 4.75. The fraction of sp³-hybridized carbons (Fsp3) is 0.545. The average molecular weight is 289 g/mol. The van der Waals surface area contributed by atoms with Gasteiger partial charge < -0.3 is 5.32 Å². The molecule has 0 aliphatic rings. The van der Waals surface area contributed by atoms with Gasteiger partial charge in [0.25, 0.3) is 0 Å². The van der Waals surface area contributed by atoms with Gasteiger partial charge in [-0.25, -0.2) is 18.1 Å². The molecule has 7 heteroatoms. The van der Waals surface area contributed by atoms with E-state index in [2.05, 4.69) is 15.0 Å². The molecule has 0 aromatic carbocycles. The summed E-state index contributed by atoms with van der Waals surface area (Å²) >= 11 is 1.62. The first-order chi connectivity index (χ1) is 8.49. The molecular formula is C11H19N3O2S2. The largest absolute Gasteiger partial charge is 0.370 e. The highest BCUT2D eigenvalue weighted by Crippen LogP contribution is 2.11. The van der Waals surface area contributed by atoms with E-state index in [4.69, 9.17) is 0 Å². The molecule has 18 heavy (non-hydrogen) atoms. The number of sulfonamides is 1. The fourth-order valence-electron chi connectivity index (χ4n) is 1.22. The van der Waals surface area contributed by atoms with E-state index < -0.39 is 10.0 Å². The van der Waals surface area contributed by atoms with Gasteiger partial charge in [-0.15, -0.1) is 0 Å². The van der Waals surface area contributed by atoms with Crippen molar-refractivity contribution in [3.8, 4) is 0 Å². The molecule has 0 aliphatic heterocycles. The van der Waals surface area contributed by atoms with Crippen LogP contribution in [0.4, 0.5) is 5.82 Å². The minimum Gasteiger partial charge on any atom is -0.370 e. The fourth-order valence-corrected chi connectivity index (χ4v) is 2.65. The zero-order valence-electron chi connectivity index (χ0n) is 10.8. The third-order valence-electron chi connectivity index (χ3n) is 2.37. The lowest BCUT2D eigenvalue weighted by atomic mass is 10.4. The van der Waals surface area contributed by atoms with E-state index in [1.165, 1.54) is 6.20 Å². The molecular weight excluding hydrogens is 270 g/mol. The van der Waals surface area contributed by atoms with Crippen LogP contribution < -0.4 is 10.0 Å². The second-order valence-corrected chi connectivity index (χ2v) is 6.85. The van der Waals surface area contributed by atoms with Crippen molar-refractivity contribution in [3.63, 3.8) is 0 Å². The van der Waals surface area contributed by atoms with E-state index in [0.717, 1.165) is 6.54 Å². The molecule has 0 saturated carbocycles. The second-order valence-electron chi connectivity index (χ2n) is 3.81. The van der Waals surface area contributed by atoms with Gasteiger partial charge >= 0.3 is 0 Å². The Morgan fingerprint density at radius 3 is 2.67 bits per heavy atom. The summed E-state index contributed by atoms with van der Waals surface area (Å²) < 4.78 is 26.5. The average Bonchev–Trinajstić information content (AvgIpc) is 2.37. The number of rotatable bonds is 7. The molecule has 0 radical (unpaired) electrons. The molecule has 102 valence electrons. The molecule has 0 fully saturated rings. The van der Waals surface area contributed by atoms with Gasteiger partial charge in [0.05, 0.1) is 0 Å². The van der Waals surface area contributed by atoms with Crippen LogP contribution in [-0.2, 0) is 10.0 Å². The van der Waals surface area contributed by atoms with Gasteiger partial charge in [-0.2, -0.15) is 11.8 Å². The topological polar surface area (TPSA) is 71.1 Å². The number of anilines is 1. The first-order valence-corrected chi connectivity index (χ1v) is 8.49. The van der Waals surface area contributed by atoms with E-state index in [0.29, 0.717) is 12.4 Å². The van der Waals surface area contributed by atoms with Crippen molar-refractivity contribution in [1.82, 2.24) is 9.71 Å². The predicted octanol–water partition coefficient (Wildman–Crippen LogP) is 1.54. The summed E-state index contributed by atoms with van der Waals surface area (Å²) in [5, 5.41) is 3.26. The van der Waals surface area contributed by atoms with Crippen molar-refractivity contribution in [3.05, 3.63) is 18.3 Å². The lowest BCUT2D eigenvalue weighted by Crippen LogP contribution is -2.29. The zero-order chi connectivity index (χ0) is 13.6. The van der Waals surface area contributed by atoms with Crippen LogP contribution in [0, 0.1) is 0 Å². The molecule has 1 aromatic heterocycles. The number of hydrogen-bond donors (Lipinski definition) is 2. The van der Waals surface area contributed by atoms with Gasteiger partial charge in [0.15, 0.2) is 0 Å². The van der Waals surface area contributed by atoms with Gasteiger partial charge in [0, 0.05) is 24.5 Å². The number of nitrogens with zero attached hydrogens (tertiary/aromatic N) is 1. The van der Waals surface area contributed by atoms with E-state index in [1.807, 2.05) is 20.1 Å². The Bertz CT molecular complexity index is 460.